The van der Waals surface area contributed by atoms with Crippen molar-refractivity contribution < 1.29 is 19.8 Å². The highest BCUT2D eigenvalue weighted by Crippen LogP contribution is 2.13. The molecule has 0 aliphatic heterocycles. The molecule has 0 fully saturated rings. The minimum absolute atomic E-state index is 0.345. The van der Waals surface area contributed by atoms with E-state index in [4.69, 9.17) is 15.0 Å². The molecular formula is C20H40O4. The second-order valence-corrected chi connectivity index (χ2v) is 6.61. The maximum Gasteiger partial charge on any atom is 0.303 e. The summed E-state index contributed by atoms with van der Waals surface area (Å²) in [7, 11) is 0. The van der Waals surface area contributed by atoms with Gasteiger partial charge in [0.15, 0.2) is 0 Å². The first-order valence-electron chi connectivity index (χ1n) is 9.92. The molecule has 4 heteroatoms. The number of unbranched alkanes of at least 4 members (excludes halogenated alkanes) is 14. The Bertz CT molecular complexity index is 273. The fourth-order valence-corrected chi connectivity index (χ4v) is 2.65. The maximum atomic E-state index is 10.3. The fraction of sp³-hybridized carbons (Fsp3) is 0.900. The van der Waals surface area contributed by atoms with E-state index in [0.29, 0.717) is 6.42 Å². The molecule has 0 atom stereocenters. The molecule has 0 heterocycles. The molecule has 0 rings (SSSR count). The molecule has 4 nitrogen and oxygen atoms in total. The van der Waals surface area contributed by atoms with Crippen molar-refractivity contribution in [1.29, 1.82) is 0 Å². The molecule has 0 aromatic carbocycles. The van der Waals surface area contributed by atoms with Gasteiger partial charge in [0.2, 0.25) is 0 Å². The van der Waals surface area contributed by atoms with Crippen LogP contribution in [-0.2, 0) is 9.59 Å². The second-order valence-electron chi connectivity index (χ2n) is 6.61. The van der Waals surface area contributed by atoms with Crippen molar-refractivity contribution in [3.63, 3.8) is 0 Å². The first kappa shape index (κ1) is 25.2. The van der Waals surface area contributed by atoms with Gasteiger partial charge >= 0.3 is 5.97 Å². The summed E-state index contributed by atoms with van der Waals surface area (Å²) in [5.74, 6) is -1.49. The predicted octanol–water partition coefficient (Wildman–Crippen LogP) is 6.42. The van der Waals surface area contributed by atoms with Crippen LogP contribution < -0.4 is 0 Å². The Hall–Kier alpha value is -1.06. The van der Waals surface area contributed by atoms with Gasteiger partial charge in [-0.25, -0.2) is 0 Å². The van der Waals surface area contributed by atoms with E-state index in [9.17, 15) is 4.79 Å². The minimum atomic E-state index is -0.833. The van der Waals surface area contributed by atoms with Gasteiger partial charge in [0, 0.05) is 13.3 Å². The zero-order valence-corrected chi connectivity index (χ0v) is 16.0. The summed E-state index contributed by atoms with van der Waals surface area (Å²) in [6, 6.07) is 0. The number of carbonyl (C=O) groups is 2. The topological polar surface area (TPSA) is 74.6 Å². The predicted molar refractivity (Wildman–Crippen MR) is 100 cm³/mol. The average molecular weight is 345 g/mol. The van der Waals surface area contributed by atoms with E-state index in [-0.39, 0.29) is 0 Å². The number of rotatable bonds is 16. The van der Waals surface area contributed by atoms with E-state index >= 15 is 0 Å². The van der Waals surface area contributed by atoms with Crippen molar-refractivity contribution in [1.82, 2.24) is 0 Å². The maximum absolute atomic E-state index is 10.3. The van der Waals surface area contributed by atoms with Crippen LogP contribution in [0.15, 0.2) is 0 Å². The molecule has 0 radical (unpaired) electrons. The normalized spacial score (nSPS) is 10.1. The van der Waals surface area contributed by atoms with Crippen molar-refractivity contribution in [3.05, 3.63) is 0 Å². The molecule has 0 amide bonds. The zero-order chi connectivity index (χ0) is 18.5. The molecule has 0 aliphatic rings. The van der Waals surface area contributed by atoms with E-state index in [2.05, 4.69) is 6.92 Å². The van der Waals surface area contributed by atoms with Gasteiger partial charge in [-0.15, -0.1) is 0 Å². The lowest BCUT2D eigenvalue weighted by Gasteiger charge is -2.03. The van der Waals surface area contributed by atoms with Crippen LogP contribution in [0, 0.1) is 0 Å². The highest BCUT2D eigenvalue weighted by Gasteiger charge is 1.97. The van der Waals surface area contributed by atoms with Crippen LogP contribution in [0.1, 0.15) is 117 Å². The Morgan fingerprint density at radius 3 is 1.08 bits per heavy atom. The SMILES string of the molecule is CC(=O)O.CCCCCCCCCCCCCCCCCC(=O)O. The third kappa shape index (κ3) is 32.8. The summed E-state index contributed by atoms with van der Waals surface area (Å²) in [5, 5.41) is 15.9. The largest absolute Gasteiger partial charge is 0.481 e. The molecule has 0 aliphatic carbocycles. The summed E-state index contributed by atoms with van der Waals surface area (Å²) >= 11 is 0. The van der Waals surface area contributed by atoms with E-state index in [1.54, 1.807) is 0 Å². The van der Waals surface area contributed by atoms with Crippen molar-refractivity contribution in [3.8, 4) is 0 Å². The highest BCUT2D eigenvalue weighted by molar-refractivity contribution is 5.66. The van der Waals surface area contributed by atoms with Crippen molar-refractivity contribution in [2.45, 2.75) is 117 Å². The molecule has 2 N–H and O–H groups in total. The van der Waals surface area contributed by atoms with Gasteiger partial charge in [0.05, 0.1) is 0 Å². The first-order valence-corrected chi connectivity index (χ1v) is 9.92. The Labute approximate surface area is 149 Å². The molecule has 0 bridgehead atoms. The Morgan fingerprint density at radius 1 is 0.583 bits per heavy atom. The van der Waals surface area contributed by atoms with Crippen LogP contribution in [0.3, 0.4) is 0 Å². The zero-order valence-electron chi connectivity index (χ0n) is 16.0. The molecule has 0 saturated heterocycles. The standard InChI is InChI=1S/C18H36O2.C2H4O2/c1-2-3-4-5-6-7-8-9-10-11-12-13-14-15-16-17-18(19)20;1-2(3)4/h2-17H2,1H3,(H,19,20);1H3,(H,3,4). The Morgan fingerprint density at radius 2 is 0.833 bits per heavy atom. The van der Waals surface area contributed by atoms with Crippen molar-refractivity contribution in [2.24, 2.45) is 0 Å². The molecule has 144 valence electrons. The number of carboxylic acid groups (broad SMARTS) is 2. The highest BCUT2D eigenvalue weighted by atomic mass is 16.4. The number of hydrogen-bond donors (Lipinski definition) is 2. The van der Waals surface area contributed by atoms with Gasteiger partial charge < -0.3 is 10.2 Å². The summed E-state index contributed by atoms with van der Waals surface area (Å²) in [6.45, 7) is 3.35. The number of aliphatic carboxylic acids is 2. The van der Waals surface area contributed by atoms with E-state index < -0.39 is 11.9 Å². The van der Waals surface area contributed by atoms with Gasteiger partial charge in [-0.1, -0.05) is 96.8 Å². The lowest BCUT2D eigenvalue weighted by atomic mass is 10.0. The molecule has 24 heavy (non-hydrogen) atoms. The molecular weight excluding hydrogens is 304 g/mol. The van der Waals surface area contributed by atoms with Crippen LogP contribution in [0.2, 0.25) is 0 Å². The number of carboxylic acids is 2. The van der Waals surface area contributed by atoms with Crippen molar-refractivity contribution in [2.75, 3.05) is 0 Å². The summed E-state index contributed by atoms with van der Waals surface area (Å²) in [6.07, 6.45) is 20.2. The Kier molecular flexibility index (Phi) is 23.0. The summed E-state index contributed by atoms with van der Waals surface area (Å²) in [5.41, 5.74) is 0. The van der Waals surface area contributed by atoms with Crippen LogP contribution >= 0.6 is 0 Å². The molecule has 0 aromatic rings. The van der Waals surface area contributed by atoms with Crippen LogP contribution in [0.25, 0.3) is 0 Å². The molecule has 0 unspecified atom stereocenters. The third-order valence-corrected chi connectivity index (χ3v) is 3.99. The quantitative estimate of drug-likeness (QED) is 0.317. The second kappa shape index (κ2) is 21.9. The van der Waals surface area contributed by atoms with Gasteiger partial charge in [0.1, 0.15) is 0 Å². The average Bonchev–Trinajstić information content (AvgIpc) is 2.50. The monoisotopic (exact) mass is 344 g/mol. The van der Waals surface area contributed by atoms with E-state index in [1.165, 1.54) is 83.5 Å². The molecule has 0 spiro atoms. The van der Waals surface area contributed by atoms with Gasteiger partial charge in [-0.2, -0.15) is 0 Å². The fourth-order valence-electron chi connectivity index (χ4n) is 2.65. The van der Waals surface area contributed by atoms with Crippen LogP contribution in [-0.4, -0.2) is 22.2 Å². The Balaban J connectivity index is 0. The van der Waals surface area contributed by atoms with E-state index in [0.717, 1.165) is 19.8 Å². The van der Waals surface area contributed by atoms with Crippen molar-refractivity contribution >= 4 is 11.9 Å². The first-order chi connectivity index (χ1) is 11.5. The summed E-state index contributed by atoms with van der Waals surface area (Å²) in [4.78, 5) is 19.3. The molecule has 0 saturated carbocycles. The number of hydrogen-bond acceptors (Lipinski definition) is 2. The van der Waals surface area contributed by atoms with Gasteiger partial charge in [0.25, 0.3) is 5.97 Å². The lowest BCUT2D eigenvalue weighted by molar-refractivity contribution is -0.137. The summed E-state index contributed by atoms with van der Waals surface area (Å²) < 4.78 is 0. The van der Waals surface area contributed by atoms with Crippen LogP contribution in [0.4, 0.5) is 0 Å². The van der Waals surface area contributed by atoms with Crippen LogP contribution in [0.5, 0.6) is 0 Å². The molecule has 0 aromatic heterocycles. The smallest absolute Gasteiger partial charge is 0.303 e. The minimum Gasteiger partial charge on any atom is -0.481 e. The lowest BCUT2D eigenvalue weighted by Crippen LogP contribution is -1.93. The third-order valence-electron chi connectivity index (χ3n) is 3.99. The van der Waals surface area contributed by atoms with Gasteiger partial charge in [-0.05, 0) is 6.42 Å². The van der Waals surface area contributed by atoms with E-state index in [1.807, 2.05) is 0 Å². The van der Waals surface area contributed by atoms with Gasteiger partial charge in [-0.3, -0.25) is 9.59 Å².